The summed E-state index contributed by atoms with van der Waals surface area (Å²) in [5, 5.41) is 11.5. The lowest BCUT2D eigenvalue weighted by atomic mass is 9.66. The van der Waals surface area contributed by atoms with Gasteiger partial charge in [0, 0.05) is 11.8 Å². The molecule has 7 rings (SSSR count). The fourth-order valence-corrected chi connectivity index (χ4v) is 7.90. The molecule has 0 amide bonds. The fraction of sp³-hybridized carbons (Fsp3) is 0.581. The van der Waals surface area contributed by atoms with Gasteiger partial charge in [0.05, 0.1) is 45.5 Å². The first-order chi connectivity index (χ1) is 22.9. The van der Waals surface area contributed by atoms with E-state index in [-0.39, 0.29) is 37.3 Å². The SMILES string of the molecule is COc1cc([C@@H]2c3cc4c(cc3C(OC3OC5COC(C)O[C@H]5[C@H](O)[C@@H]3N(C)C)[C@H]3COC(=O)[C@H]23)OCO4)cc(OC)c1OP(=O)(O)O. The van der Waals surface area contributed by atoms with E-state index >= 15 is 0 Å². The Labute approximate surface area is 275 Å². The standard InChI is InChI=1S/C31H38NO15P/c1-13-40-11-22-29(44-13)26(33)25(32(2)3)31(45-22)46-27-16-9-19-18(42-12-43-19)8-15(16)23(24-17(27)10-41-30(24)34)14-6-20(38-4)28(21(7-14)39-5)47-48(35,36)37/h6-9,13,17,22-27,29,31,33H,10-12H2,1-5H3,(H2,35,36,37)/t13?,17-,22?,23+,24-,25-,26+,27?,29+,31?/m0/s1. The van der Waals surface area contributed by atoms with Gasteiger partial charge in [-0.1, -0.05) is 0 Å². The Bertz CT molecular complexity index is 1590. The predicted octanol–water partition coefficient (Wildman–Crippen LogP) is 1.67. The molecule has 2 aromatic rings. The molecule has 5 aliphatic rings. The van der Waals surface area contributed by atoms with Crippen molar-refractivity contribution in [2.75, 3.05) is 48.3 Å². The van der Waals surface area contributed by atoms with Crippen molar-refractivity contribution in [2.24, 2.45) is 11.8 Å². The van der Waals surface area contributed by atoms with E-state index in [9.17, 15) is 24.3 Å². The van der Waals surface area contributed by atoms with E-state index in [1.54, 1.807) is 25.1 Å². The molecule has 0 bridgehead atoms. The second kappa shape index (κ2) is 12.6. The summed E-state index contributed by atoms with van der Waals surface area (Å²) in [6, 6.07) is 6.06. The second-order valence-corrected chi connectivity index (χ2v) is 13.7. The number of carbonyl (C=O) groups excluding carboxylic acids is 1. The van der Waals surface area contributed by atoms with Crippen LogP contribution < -0.4 is 23.5 Å². The number of ether oxygens (including phenoxy) is 9. The number of carbonyl (C=O) groups is 1. The maximum atomic E-state index is 13.6. The van der Waals surface area contributed by atoms with Crippen molar-refractivity contribution in [1.29, 1.82) is 0 Å². The van der Waals surface area contributed by atoms with Gasteiger partial charge in [0.2, 0.25) is 12.5 Å². The summed E-state index contributed by atoms with van der Waals surface area (Å²) in [6.45, 7) is 1.99. The van der Waals surface area contributed by atoms with Crippen molar-refractivity contribution in [1.82, 2.24) is 4.90 Å². The smallest absolute Gasteiger partial charge is 0.493 e. The van der Waals surface area contributed by atoms with Gasteiger partial charge in [-0.05, 0) is 62.0 Å². The number of methoxy groups -OCH3 is 2. The van der Waals surface area contributed by atoms with Crippen LogP contribution in [0.2, 0.25) is 0 Å². The molecule has 0 radical (unpaired) electrons. The van der Waals surface area contributed by atoms with Crippen molar-refractivity contribution in [2.45, 2.75) is 55.9 Å². The minimum atomic E-state index is -4.99. The van der Waals surface area contributed by atoms with Gasteiger partial charge in [-0.25, -0.2) is 4.57 Å². The molecule has 17 heteroatoms. The molecule has 0 spiro atoms. The number of cyclic esters (lactones) is 1. The topological polar surface area (TPSA) is 190 Å². The van der Waals surface area contributed by atoms with Crippen LogP contribution in [0.3, 0.4) is 0 Å². The number of esters is 1. The normalized spacial score (nSPS) is 33.8. The van der Waals surface area contributed by atoms with Gasteiger partial charge in [-0.15, -0.1) is 0 Å². The molecule has 48 heavy (non-hydrogen) atoms. The minimum Gasteiger partial charge on any atom is -0.493 e. The van der Waals surface area contributed by atoms with Gasteiger partial charge in [-0.3, -0.25) is 19.5 Å². The van der Waals surface area contributed by atoms with Crippen molar-refractivity contribution >= 4 is 13.8 Å². The number of benzene rings is 2. The Morgan fingerprint density at radius 2 is 1.60 bits per heavy atom. The number of likely N-dealkylation sites (N-methyl/N-ethyl adjacent to an activating group) is 1. The summed E-state index contributed by atoms with van der Waals surface area (Å²) >= 11 is 0. The third-order valence-corrected chi connectivity index (χ3v) is 9.95. The number of fused-ring (bicyclic) bond motifs is 4. The monoisotopic (exact) mass is 695 g/mol. The van der Waals surface area contributed by atoms with Crippen molar-refractivity contribution in [3.63, 3.8) is 0 Å². The first kappa shape index (κ1) is 33.3. The Morgan fingerprint density at radius 3 is 2.23 bits per heavy atom. The van der Waals surface area contributed by atoms with Crippen LogP contribution in [0.1, 0.15) is 35.6 Å². The number of nitrogens with zero attached hydrogens (tertiary/aromatic N) is 1. The minimum absolute atomic E-state index is 0.00148. The highest BCUT2D eigenvalue weighted by molar-refractivity contribution is 7.46. The number of hydrogen-bond donors (Lipinski definition) is 3. The molecular formula is C31H38NO15P. The zero-order valence-electron chi connectivity index (χ0n) is 26.8. The van der Waals surface area contributed by atoms with Crippen LogP contribution in [0.5, 0.6) is 28.7 Å². The molecule has 1 aliphatic carbocycles. The molecule has 3 N–H and O–H groups in total. The molecule has 16 nitrogen and oxygen atoms in total. The third kappa shape index (κ3) is 5.78. The largest absolute Gasteiger partial charge is 0.525 e. The van der Waals surface area contributed by atoms with Crippen LogP contribution in [-0.4, -0.2) is 111 Å². The lowest BCUT2D eigenvalue weighted by Crippen LogP contribution is -2.66. The van der Waals surface area contributed by atoms with Gasteiger partial charge in [0.25, 0.3) is 0 Å². The Hall–Kier alpha value is -3.18. The Balaban J connectivity index is 1.34. The molecule has 2 aromatic carbocycles. The molecule has 262 valence electrons. The molecule has 4 aliphatic heterocycles. The predicted molar refractivity (Wildman–Crippen MR) is 161 cm³/mol. The summed E-state index contributed by atoms with van der Waals surface area (Å²) < 4.78 is 69.7. The van der Waals surface area contributed by atoms with E-state index in [0.717, 1.165) is 0 Å². The maximum absolute atomic E-state index is 13.6. The quantitative estimate of drug-likeness (QED) is 0.267. The number of rotatable bonds is 8. The highest BCUT2D eigenvalue weighted by atomic mass is 31.2. The van der Waals surface area contributed by atoms with E-state index in [1.807, 2.05) is 25.1 Å². The van der Waals surface area contributed by atoms with Crippen LogP contribution in [0.15, 0.2) is 24.3 Å². The van der Waals surface area contributed by atoms with E-state index < -0.39 is 74.6 Å². The zero-order valence-corrected chi connectivity index (χ0v) is 27.7. The molecule has 4 heterocycles. The number of aliphatic hydroxyl groups excluding tert-OH is 1. The number of phosphoric acid groups is 1. The molecule has 3 fully saturated rings. The first-order valence-electron chi connectivity index (χ1n) is 15.4. The van der Waals surface area contributed by atoms with Gasteiger partial charge in [0.15, 0.2) is 35.6 Å². The van der Waals surface area contributed by atoms with Crippen LogP contribution >= 0.6 is 7.82 Å². The lowest BCUT2D eigenvalue weighted by molar-refractivity contribution is -0.354. The molecule has 0 aromatic heterocycles. The van der Waals surface area contributed by atoms with Crippen LogP contribution in [0, 0.1) is 11.8 Å². The number of hydrogen-bond acceptors (Lipinski definition) is 14. The average Bonchev–Trinajstić information content (AvgIpc) is 3.66. The molecular weight excluding hydrogens is 657 g/mol. The highest BCUT2D eigenvalue weighted by Gasteiger charge is 2.56. The highest BCUT2D eigenvalue weighted by Crippen LogP contribution is 2.58. The van der Waals surface area contributed by atoms with Crippen LogP contribution in [0.4, 0.5) is 0 Å². The summed E-state index contributed by atoms with van der Waals surface area (Å²) in [5.74, 6) is -1.83. The first-order valence-corrected chi connectivity index (χ1v) is 16.9. The van der Waals surface area contributed by atoms with Crippen molar-refractivity contribution in [3.8, 4) is 28.7 Å². The summed E-state index contributed by atoms with van der Waals surface area (Å²) in [7, 11) is 1.27. The summed E-state index contributed by atoms with van der Waals surface area (Å²) in [4.78, 5) is 34.6. The van der Waals surface area contributed by atoms with Crippen molar-refractivity contribution < 1.29 is 71.4 Å². The third-order valence-electron chi connectivity index (χ3n) is 9.53. The average molecular weight is 696 g/mol. The zero-order chi connectivity index (χ0) is 34.1. The molecule has 4 unspecified atom stereocenters. The van der Waals surface area contributed by atoms with Crippen LogP contribution in [0.25, 0.3) is 0 Å². The lowest BCUT2D eigenvalue weighted by Gasteiger charge is -2.50. The maximum Gasteiger partial charge on any atom is 0.525 e. The molecule has 10 atom stereocenters. The fourth-order valence-electron chi connectivity index (χ4n) is 7.48. The Morgan fingerprint density at radius 1 is 0.938 bits per heavy atom. The van der Waals surface area contributed by atoms with E-state index in [2.05, 4.69) is 0 Å². The van der Waals surface area contributed by atoms with E-state index in [4.69, 9.17) is 47.2 Å². The van der Waals surface area contributed by atoms with E-state index in [0.29, 0.717) is 28.2 Å². The molecule has 3 saturated heterocycles. The number of phosphoric ester groups is 1. The van der Waals surface area contributed by atoms with Gasteiger partial charge in [0.1, 0.15) is 18.3 Å². The summed E-state index contributed by atoms with van der Waals surface area (Å²) in [6.07, 6.45) is -4.44. The van der Waals surface area contributed by atoms with Crippen molar-refractivity contribution in [3.05, 3.63) is 41.0 Å². The Kier molecular flexibility index (Phi) is 8.75. The van der Waals surface area contributed by atoms with Gasteiger partial charge >= 0.3 is 13.8 Å². The van der Waals surface area contributed by atoms with Gasteiger partial charge < -0.3 is 52.3 Å². The van der Waals surface area contributed by atoms with Gasteiger partial charge in [-0.2, -0.15) is 0 Å². The second-order valence-electron chi connectivity index (χ2n) is 12.5. The van der Waals surface area contributed by atoms with Crippen LogP contribution in [-0.2, 0) is 33.0 Å². The van der Waals surface area contributed by atoms with E-state index in [1.165, 1.54) is 14.2 Å². The summed E-state index contributed by atoms with van der Waals surface area (Å²) in [5.41, 5.74) is 1.86. The number of aliphatic hydroxyl groups is 1. The molecule has 0 saturated carbocycles.